The van der Waals surface area contributed by atoms with Crippen LogP contribution in [0, 0.1) is 13.8 Å². The van der Waals surface area contributed by atoms with Crippen LogP contribution in [0.1, 0.15) is 29.5 Å². The molecule has 0 aliphatic carbocycles. The number of benzene rings is 3. The summed E-state index contributed by atoms with van der Waals surface area (Å²) in [6, 6.07) is 19.3. The van der Waals surface area contributed by atoms with Gasteiger partial charge in [-0.2, -0.15) is 4.31 Å². The first-order valence-electron chi connectivity index (χ1n) is 12.2. The minimum atomic E-state index is -3.87. The molecule has 1 amide bonds. The lowest BCUT2D eigenvalue weighted by molar-refractivity contribution is -0.121. The molecule has 0 spiro atoms. The summed E-state index contributed by atoms with van der Waals surface area (Å²) in [5.41, 5.74) is 4.01. The Morgan fingerprint density at radius 3 is 2.54 bits per heavy atom. The normalized spacial score (nSPS) is 16.2. The molecule has 37 heavy (non-hydrogen) atoms. The molecule has 1 aliphatic heterocycles. The number of hydrogen-bond acceptors (Lipinski definition) is 6. The predicted molar refractivity (Wildman–Crippen MR) is 147 cm³/mol. The van der Waals surface area contributed by atoms with Crippen LogP contribution < -0.4 is 9.64 Å². The van der Waals surface area contributed by atoms with E-state index in [4.69, 9.17) is 9.72 Å². The Labute approximate surface area is 221 Å². The first-order valence-corrected chi connectivity index (χ1v) is 14.4. The molecule has 5 rings (SSSR count). The summed E-state index contributed by atoms with van der Waals surface area (Å²) in [5, 5.41) is 0.575. The van der Waals surface area contributed by atoms with E-state index < -0.39 is 16.1 Å². The third kappa shape index (κ3) is 4.99. The Morgan fingerprint density at radius 1 is 1.11 bits per heavy atom. The lowest BCUT2D eigenvalue weighted by Gasteiger charge is -2.28. The number of carbonyl (C=O) groups excluding carboxylic acids is 1. The molecule has 0 N–H and O–H groups in total. The van der Waals surface area contributed by atoms with Crippen molar-refractivity contribution in [3.63, 3.8) is 0 Å². The van der Waals surface area contributed by atoms with E-state index in [2.05, 4.69) is 6.07 Å². The number of hydrogen-bond donors (Lipinski definition) is 0. The fraction of sp³-hybridized carbons (Fsp3) is 0.286. The fourth-order valence-corrected chi connectivity index (χ4v) is 7.49. The average molecular weight is 536 g/mol. The van der Waals surface area contributed by atoms with Gasteiger partial charge in [-0.1, -0.05) is 47.7 Å². The lowest BCUT2D eigenvalue weighted by atomic mass is 10.1. The molecular formula is C28H29N3O4S2. The number of ether oxygens (including phenoxy) is 1. The van der Waals surface area contributed by atoms with Gasteiger partial charge in [0.1, 0.15) is 11.8 Å². The minimum Gasteiger partial charge on any atom is -0.497 e. The zero-order chi connectivity index (χ0) is 26.2. The van der Waals surface area contributed by atoms with Crippen molar-refractivity contribution in [3.8, 4) is 5.75 Å². The molecule has 1 aliphatic rings. The Kier molecular flexibility index (Phi) is 7.02. The van der Waals surface area contributed by atoms with E-state index in [1.54, 1.807) is 17.0 Å². The number of methoxy groups -OCH3 is 1. The lowest BCUT2D eigenvalue weighted by Crippen LogP contribution is -2.47. The molecule has 0 radical (unpaired) electrons. The molecule has 1 atom stereocenters. The second kappa shape index (κ2) is 10.2. The minimum absolute atomic E-state index is 0.147. The third-order valence-corrected chi connectivity index (χ3v) is 9.80. The number of amides is 1. The smallest absolute Gasteiger partial charge is 0.247 e. The van der Waals surface area contributed by atoms with Crippen molar-refractivity contribution in [2.75, 3.05) is 18.6 Å². The van der Waals surface area contributed by atoms with E-state index in [9.17, 15) is 13.2 Å². The van der Waals surface area contributed by atoms with Gasteiger partial charge in [0, 0.05) is 6.54 Å². The van der Waals surface area contributed by atoms with Gasteiger partial charge < -0.3 is 4.74 Å². The highest BCUT2D eigenvalue weighted by Gasteiger charge is 2.42. The van der Waals surface area contributed by atoms with Crippen LogP contribution in [0.4, 0.5) is 5.13 Å². The highest BCUT2D eigenvalue weighted by Crippen LogP contribution is 2.35. The monoisotopic (exact) mass is 535 g/mol. The molecule has 4 aromatic rings. The molecule has 2 heterocycles. The highest BCUT2D eigenvalue weighted by atomic mass is 32.2. The summed E-state index contributed by atoms with van der Waals surface area (Å²) >= 11 is 1.47. The first-order chi connectivity index (χ1) is 17.8. The van der Waals surface area contributed by atoms with Crippen molar-refractivity contribution in [1.29, 1.82) is 0 Å². The van der Waals surface area contributed by atoms with Crippen LogP contribution in [-0.2, 0) is 21.4 Å². The third-order valence-electron chi connectivity index (χ3n) is 6.64. The first kappa shape index (κ1) is 25.4. The van der Waals surface area contributed by atoms with Gasteiger partial charge in [0.2, 0.25) is 15.9 Å². The van der Waals surface area contributed by atoms with Crippen LogP contribution in [0.3, 0.4) is 0 Å². The number of sulfonamides is 1. The Morgan fingerprint density at radius 2 is 1.84 bits per heavy atom. The maximum Gasteiger partial charge on any atom is 0.247 e. The van der Waals surface area contributed by atoms with Crippen LogP contribution >= 0.6 is 11.3 Å². The molecule has 1 unspecified atom stereocenters. The predicted octanol–water partition coefficient (Wildman–Crippen LogP) is 5.31. The molecule has 0 bridgehead atoms. The van der Waals surface area contributed by atoms with Gasteiger partial charge in [-0.15, -0.1) is 0 Å². The van der Waals surface area contributed by atoms with Gasteiger partial charge in [0.15, 0.2) is 5.13 Å². The molecule has 3 aromatic carbocycles. The number of fused-ring (bicyclic) bond motifs is 1. The second-order valence-electron chi connectivity index (χ2n) is 9.29. The average Bonchev–Trinajstić information content (AvgIpc) is 3.56. The SMILES string of the molecule is COc1ccc(S(=O)(=O)N2CCCC2C(=O)N(Cc2ccccc2)c2nc3cc(C)cc(C)c3s2)cc1. The van der Waals surface area contributed by atoms with Gasteiger partial charge >= 0.3 is 0 Å². The number of rotatable bonds is 7. The summed E-state index contributed by atoms with van der Waals surface area (Å²) in [6.45, 7) is 4.67. The van der Waals surface area contributed by atoms with Gasteiger partial charge in [-0.05, 0) is 73.7 Å². The quantitative estimate of drug-likeness (QED) is 0.321. The van der Waals surface area contributed by atoms with Crippen LogP contribution in [0.15, 0.2) is 71.6 Å². The van der Waals surface area contributed by atoms with Crippen LogP contribution in [0.25, 0.3) is 10.2 Å². The van der Waals surface area contributed by atoms with E-state index in [1.165, 1.54) is 34.9 Å². The Hall–Kier alpha value is -3.27. The summed E-state index contributed by atoms with van der Waals surface area (Å²) in [4.78, 5) is 20.8. The maximum absolute atomic E-state index is 14.1. The molecule has 1 aromatic heterocycles. The number of thiazole rings is 1. The molecule has 0 saturated carbocycles. The summed E-state index contributed by atoms with van der Waals surface area (Å²) < 4.78 is 34.7. The number of nitrogens with zero attached hydrogens (tertiary/aromatic N) is 3. The van der Waals surface area contributed by atoms with E-state index in [1.807, 2.05) is 50.2 Å². The summed E-state index contributed by atoms with van der Waals surface area (Å²) in [6.07, 6.45) is 1.08. The van der Waals surface area contributed by atoms with Gasteiger partial charge in [0.05, 0.1) is 28.8 Å². The van der Waals surface area contributed by atoms with Gasteiger partial charge in [-0.3, -0.25) is 9.69 Å². The molecular weight excluding hydrogens is 506 g/mol. The zero-order valence-electron chi connectivity index (χ0n) is 21.0. The summed E-state index contributed by atoms with van der Waals surface area (Å²) in [7, 11) is -2.34. The maximum atomic E-state index is 14.1. The molecule has 1 fully saturated rings. The molecule has 192 valence electrons. The van der Waals surface area contributed by atoms with E-state index in [0.29, 0.717) is 36.8 Å². The van der Waals surface area contributed by atoms with Crippen molar-refractivity contribution < 1.29 is 17.9 Å². The number of anilines is 1. The van der Waals surface area contributed by atoms with Crippen LogP contribution in [-0.4, -0.2) is 43.3 Å². The van der Waals surface area contributed by atoms with Crippen LogP contribution in [0.2, 0.25) is 0 Å². The van der Waals surface area contributed by atoms with Crippen LogP contribution in [0.5, 0.6) is 5.75 Å². The fourth-order valence-electron chi connectivity index (χ4n) is 4.82. The number of aromatic nitrogens is 1. The highest BCUT2D eigenvalue weighted by molar-refractivity contribution is 7.89. The largest absolute Gasteiger partial charge is 0.497 e. The zero-order valence-corrected chi connectivity index (χ0v) is 22.7. The second-order valence-corrected chi connectivity index (χ2v) is 12.2. The molecule has 7 nitrogen and oxygen atoms in total. The van der Waals surface area contributed by atoms with Gasteiger partial charge in [-0.25, -0.2) is 13.4 Å². The van der Waals surface area contributed by atoms with E-state index >= 15 is 0 Å². The van der Waals surface area contributed by atoms with E-state index in [-0.39, 0.29) is 10.8 Å². The topological polar surface area (TPSA) is 79.8 Å². The Bertz CT molecular complexity index is 1530. The Balaban J connectivity index is 1.52. The molecule has 1 saturated heterocycles. The van der Waals surface area contributed by atoms with Crippen molar-refractivity contribution in [2.24, 2.45) is 0 Å². The van der Waals surface area contributed by atoms with Crippen molar-refractivity contribution in [3.05, 3.63) is 83.4 Å². The van der Waals surface area contributed by atoms with Gasteiger partial charge in [0.25, 0.3) is 0 Å². The van der Waals surface area contributed by atoms with E-state index in [0.717, 1.165) is 26.9 Å². The molecule has 9 heteroatoms. The summed E-state index contributed by atoms with van der Waals surface area (Å²) in [5.74, 6) is 0.315. The number of aryl methyl sites for hydroxylation is 2. The standard InChI is InChI=1S/C28H29N3O4S2/c1-19-16-20(2)26-24(17-19)29-28(36-26)30(18-21-8-5-4-6-9-21)27(32)25-10-7-15-31(25)37(33,34)23-13-11-22(35-3)12-14-23/h4-6,8-9,11-14,16-17,25H,7,10,15,18H2,1-3H3. The van der Waals surface area contributed by atoms with Crippen molar-refractivity contribution in [2.45, 2.75) is 44.2 Å². The number of carbonyl (C=O) groups is 1. The van der Waals surface area contributed by atoms with Crippen molar-refractivity contribution >= 4 is 42.6 Å². The van der Waals surface area contributed by atoms with Crippen molar-refractivity contribution in [1.82, 2.24) is 9.29 Å².